The Labute approximate surface area is 208 Å². The molecule has 3 rings (SSSR count). The fraction of sp³-hybridized carbons (Fsp3) is 0.227. The van der Waals surface area contributed by atoms with Gasteiger partial charge in [0.25, 0.3) is 0 Å². The monoisotopic (exact) mass is 530 g/mol. The van der Waals surface area contributed by atoms with Crippen LogP contribution in [0.3, 0.4) is 0 Å². The van der Waals surface area contributed by atoms with Crippen molar-refractivity contribution in [3.05, 3.63) is 76.6 Å². The number of aromatic nitrogens is 3. The van der Waals surface area contributed by atoms with Crippen LogP contribution in [-0.4, -0.2) is 26.4 Å². The molecule has 0 aliphatic carbocycles. The molecule has 1 N–H and O–H groups in total. The van der Waals surface area contributed by atoms with Crippen LogP contribution in [-0.2, 0) is 17.5 Å². The van der Waals surface area contributed by atoms with E-state index >= 15 is 0 Å². The molecule has 1 amide bonds. The number of amides is 1. The van der Waals surface area contributed by atoms with Crippen LogP contribution in [0.15, 0.2) is 60.3 Å². The van der Waals surface area contributed by atoms with Crippen LogP contribution in [0.1, 0.15) is 24.4 Å². The van der Waals surface area contributed by atoms with E-state index < -0.39 is 23.8 Å². The number of rotatable bonds is 9. The van der Waals surface area contributed by atoms with E-state index in [4.69, 9.17) is 27.9 Å². The average molecular weight is 531 g/mol. The zero-order valence-corrected chi connectivity index (χ0v) is 20.1. The van der Waals surface area contributed by atoms with Crippen LogP contribution in [0, 0.1) is 0 Å². The number of hydrogen-bond donors (Lipinski definition) is 1. The van der Waals surface area contributed by atoms with E-state index in [1.807, 2.05) is 0 Å². The molecule has 0 fully saturated rings. The second-order valence-electron chi connectivity index (χ2n) is 6.96. The highest BCUT2D eigenvalue weighted by atomic mass is 35.5. The molecule has 0 aliphatic heterocycles. The highest BCUT2D eigenvalue weighted by Crippen LogP contribution is 2.35. The van der Waals surface area contributed by atoms with Gasteiger partial charge in [0.05, 0.1) is 22.0 Å². The molecule has 1 unspecified atom stereocenters. The predicted octanol–water partition coefficient (Wildman–Crippen LogP) is 6.66. The third-order valence-corrected chi connectivity index (χ3v) is 5.97. The number of nitrogens with one attached hydrogen (secondary N) is 1. The molecule has 0 aliphatic rings. The zero-order chi connectivity index (χ0) is 24.9. The van der Waals surface area contributed by atoms with Crippen molar-refractivity contribution in [2.75, 3.05) is 11.1 Å². The average Bonchev–Trinajstić information content (AvgIpc) is 3.17. The summed E-state index contributed by atoms with van der Waals surface area (Å²) in [4.78, 5) is 12.4. The van der Waals surface area contributed by atoms with E-state index in [0.29, 0.717) is 33.3 Å². The molecule has 0 spiro atoms. The molecule has 180 valence electrons. The van der Waals surface area contributed by atoms with Crippen molar-refractivity contribution in [1.29, 1.82) is 0 Å². The Kier molecular flexibility index (Phi) is 8.51. The van der Waals surface area contributed by atoms with Crippen molar-refractivity contribution < 1.29 is 22.7 Å². The number of hydrogen-bond acceptors (Lipinski definition) is 5. The molecule has 3 aromatic rings. The van der Waals surface area contributed by atoms with Crippen LogP contribution >= 0.6 is 35.0 Å². The second kappa shape index (κ2) is 11.2. The quantitative estimate of drug-likeness (QED) is 0.247. The molecule has 12 heteroatoms. The van der Waals surface area contributed by atoms with Crippen LogP contribution in [0.25, 0.3) is 0 Å². The minimum absolute atomic E-state index is 0.184. The van der Waals surface area contributed by atoms with Crippen molar-refractivity contribution in [2.24, 2.45) is 0 Å². The van der Waals surface area contributed by atoms with Gasteiger partial charge in [-0.2, -0.15) is 13.2 Å². The lowest BCUT2D eigenvalue weighted by Gasteiger charge is -2.17. The lowest BCUT2D eigenvalue weighted by atomic mass is 10.1. The maximum atomic E-state index is 13.2. The SMILES string of the molecule is C=CCn1c(SCC(=O)Nc2ccccc2C(F)(F)F)nnc1C(C)Oc1cc(Cl)ccc1Cl. The Balaban J connectivity index is 1.72. The number of carbonyl (C=O) groups excluding carboxylic acids is 1. The number of alkyl halides is 3. The number of para-hydroxylation sites is 1. The first-order valence-corrected chi connectivity index (χ1v) is 11.6. The van der Waals surface area contributed by atoms with Crippen molar-refractivity contribution in [2.45, 2.75) is 30.9 Å². The summed E-state index contributed by atoms with van der Waals surface area (Å²) >= 11 is 13.2. The van der Waals surface area contributed by atoms with Crippen LogP contribution in [0.5, 0.6) is 5.75 Å². The first-order chi connectivity index (χ1) is 16.1. The number of halogens is 5. The van der Waals surface area contributed by atoms with Crippen molar-refractivity contribution in [3.63, 3.8) is 0 Å². The summed E-state index contributed by atoms with van der Waals surface area (Å²) in [7, 11) is 0. The molecule has 0 bridgehead atoms. The van der Waals surface area contributed by atoms with Gasteiger partial charge in [-0.3, -0.25) is 9.36 Å². The van der Waals surface area contributed by atoms with Gasteiger partial charge >= 0.3 is 6.18 Å². The van der Waals surface area contributed by atoms with Gasteiger partial charge in [-0.25, -0.2) is 0 Å². The van der Waals surface area contributed by atoms with Gasteiger partial charge in [-0.05, 0) is 31.2 Å². The molecule has 0 saturated heterocycles. The number of ether oxygens (including phenoxy) is 1. The van der Waals surface area contributed by atoms with E-state index in [9.17, 15) is 18.0 Å². The van der Waals surface area contributed by atoms with Crippen LogP contribution < -0.4 is 10.1 Å². The second-order valence-corrected chi connectivity index (χ2v) is 8.74. The molecule has 1 aromatic heterocycles. The third-order valence-electron chi connectivity index (χ3n) is 4.46. The van der Waals surface area contributed by atoms with Gasteiger partial charge in [-0.15, -0.1) is 16.8 Å². The molecular formula is C22H19Cl2F3N4O2S. The van der Waals surface area contributed by atoms with Gasteiger partial charge in [-0.1, -0.05) is 53.2 Å². The minimum atomic E-state index is -4.59. The summed E-state index contributed by atoms with van der Waals surface area (Å²) < 4.78 is 47.0. The summed E-state index contributed by atoms with van der Waals surface area (Å²) in [6, 6.07) is 9.59. The number of carbonyl (C=O) groups is 1. The number of allylic oxidation sites excluding steroid dienone is 1. The normalized spacial score (nSPS) is 12.3. The summed E-state index contributed by atoms with van der Waals surface area (Å²) in [5.41, 5.74) is -1.23. The predicted molar refractivity (Wildman–Crippen MR) is 127 cm³/mol. The largest absolute Gasteiger partial charge is 0.481 e. The first-order valence-electron chi connectivity index (χ1n) is 9.84. The lowest BCUT2D eigenvalue weighted by molar-refractivity contribution is -0.137. The molecule has 0 radical (unpaired) electrons. The van der Waals surface area contributed by atoms with Gasteiger partial charge < -0.3 is 10.1 Å². The van der Waals surface area contributed by atoms with Crippen LogP contribution in [0.4, 0.5) is 18.9 Å². The Bertz CT molecular complexity index is 1190. The Morgan fingerprint density at radius 1 is 1.26 bits per heavy atom. The standard InChI is InChI=1S/C22H19Cl2F3N4O2S/c1-3-10-31-20(13(2)33-18-11-14(23)8-9-16(18)24)29-30-21(31)34-12-19(32)28-17-7-5-4-6-15(17)22(25,26)27/h3-9,11,13H,1,10,12H2,2H3,(H,28,32). The minimum Gasteiger partial charge on any atom is -0.481 e. The first kappa shape index (κ1) is 25.9. The highest BCUT2D eigenvalue weighted by molar-refractivity contribution is 7.99. The fourth-order valence-corrected chi connectivity index (χ4v) is 4.05. The highest BCUT2D eigenvalue weighted by Gasteiger charge is 2.33. The molecular weight excluding hydrogens is 512 g/mol. The number of thioether (sulfide) groups is 1. The third kappa shape index (κ3) is 6.46. The van der Waals surface area contributed by atoms with Crippen LogP contribution in [0.2, 0.25) is 10.0 Å². The van der Waals surface area contributed by atoms with E-state index in [1.165, 1.54) is 18.2 Å². The van der Waals surface area contributed by atoms with Crippen molar-refractivity contribution in [1.82, 2.24) is 14.8 Å². The van der Waals surface area contributed by atoms with Crippen molar-refractivity contribution >= 4 is 46.6 Å². The van der Waals surface area contributed by atoms with E-state index in [1.54, 1.807) is 35.8 Å². The Hall–Kier alpha value is -2.69. The molecule has 1 atom stereocenters. The number of benzene rings is 2. The molecule has 0 saturated carbocycles. The van der Waals surface area contributed by atoms with Gasteiger partial charge in [0.2, 0.25) is 5.91 Å². The van der Waals surface area contributed by atoms with Gasteiger partial charge in [0, 0.05) is 17.6 Å². The van der Waals surface area contributed by atoms with E-state index in [2.05, 4.69) is 22.1 Å². The zero-order valence-electron chi connectivity index (χ0n) is 17.8. The topological polar surface area (TPSA) is 69.0 Å². The molecule has 34 heavy (non-hydrogen) atoms. The van der Waals surface area contributed by atoms with E-state index in [-0.39, 0.29) is 11.4 Å². The van der Waals surface area contributed by atoms with Gasteiger partial charge in [0.15, 0.2) is 17.1 Å². The molecule has 2 aromatic carbocycles. The fourth-order valence-electron chi connectivity index (χ4n) is 2.97. The summed E-state index contributed by atoms with van der Waals surface area (Å²) in [6.45, 7) is 5.79. The maximum Gasteiger partial charge on any atom is 0.418 e. The number of anilines is 1. The molecule has 1 heterocycles. The van der Waals surface area contributed by atoms with Gasteiger partial charge in [0.1, 0.15) is 5.75 Å². The Morgan fingerprint density at radius 2 is 2.00 bits per heavy atom. The number of nitrogens with zero attached hydrogens (tertiary/aromatic N) is 3. The van der Waals surface area contributed by atoms with E-state index in [0.717, 1.165) is 17.8 Å². The lowest BCUT2D eigenvalue weighted by Crippen LogP contribution is -2.18. The van der Waals surface area contributed by atoms with Crippen molar-refractivity contribution in [3.8, 4) is 5.75 Å². The summed E-state index contributed by atoms with van der Waals surface area (Å²) in [5.74, 6) is 0.0102. The summed E-state index contributed by atoms with van der Waals surface area (Å²) in [6.07, 6.45) is -3.54. The molecule has 6 nitrogen and oxygen atoms in total. The Morgan fingerprint density at radius 3 is 2.71 bits per heavy atom. The maximum absolute atomic E-state index is 13.2. The summed E-state index contributed by atoms with van der Waals surface area (Å²) in [5, 5.41) is 11.8. The smallest absolute Gasteiger partial charge is 0.418 e.